The van der Waals surface area contributed by atoms with Crippen molar-refractivity contribution in [1.29, 1.82) is 0 Å². The minimum absolute atomic E-state index is 0.0126. The van der Waals surface area contributed by atoms with E-state index >= 15 is 0 Å². The lowest BCUT2D eigenvalue weighted by Gasteiger charge is -2.63. The minimum Gasteiger partial charge on any atom is -0.444 e. The van der Waals surface area contributed by atoms with Gasteiger partial charge in [0.05, 0.1) is 42.2 Å². The molecule has 0 aromatic rings. The summed E-state index contributed by atoms with van der Waals surface area (Å²) in [7, 11) is 0. The van der Waals surface area contributed by atoms with Gasteiger partial charge in [0.1, 0.15) is 11.7 Å². The van der Waals surface area contributed by atoms with Gasteiger partial charge < -0.3 is 44.5 Å². The number of carbonyl (C=O) groups is 1. The van der Waals surface area contributed by atoms with Crippen molar-refractivity contribution in [3.8, 4) is 0 Å². The summed E-state index contributed by atoms with van der Waals surface area (Å²) in [5.41, 5.74) is 5.75. The average Bonchev–Trinajstić information content (AvgIpc) is 3.70. The van der Waals surface area contributed by atoms with Crippen LogP contribution < -0.4 is 5.73 Å². The summed E-state index contributed by atoms with van der Waals surface area (Å²) in [5, 5.41) is 23.6. The number of hydrogen-bond acceptors (Lipinski definition) is 10. The molecule has 11 nitrogen and oxygen atoms in total. The molecule has 0 bridgehead atoms. The van der Waals surface area contributed by atoms with Crippen LogP contribution in [0.4, 0.5) is 4.79 Å². The molecule has 3 saturated heterocycles. The molecule has 5 saturated carbocycles. The van der Waals surface area contributed by atoms with Crippen molar-refractivity contribution in [3.63, 3.8) is 0 Å². The maximum Gasteiger partial charge on any atom is 0.410 e. The normalized spacial score (nSPS) is 47.4. The number of likely N-dealkylation sites (tertiary alicyclic amines) is 1. The standard InChI is InChI=1S/C44H75N3O8/c1-11-51-36(40(8,9)50)28-20-26(2)33-34(53-28)35(48)44(45)30-13-12-29-39(6,7)31(14-15-42(29)25-43(30,42)17-16-41(33,44)10)54-32-24-46(18-19-52-32)21-27-22-47(23-27)37(49)55-38(3,4)5/h26-36,48,50H,11-25,45H2,1-10H3/t26-,28-,29+,30-,31+,32+,33?,34+,35+,36+,41-,42-,43+,44+/m1/s1. The predicted octanol–water partition coefficient (Wildman–Crippen LogP) is 5.58. The Balaban J connectivity index is 0.929. The lowest BCUT2D eigenvalue weighted by Crippen LogP contribution is -2.70. The molecule has 8 rings (SSSR count). The van der Waals surface area contributed by atoms with E-state index in [9.17, 15) is 15.0 Å². The second-order valence-corrected chi connectivity index (χ2v) is 22.2. The van der Waals surface area contributed by atoms with E-state index in [0.29, 0.717) is 31.0 Å². The van der Waals surface area contributed by atoms with E-state index in [4.69, 9.17) is 29.4 Å². The van der Waals surface area contributed by atoms with Crippen molar-refractivity contribution < 1.29 is 38.7 Å². The predicted molar refractivity (Wildman–Crippen MR) is 209 cm³/mol. The largest absolute Gasteiger partial charge is 0.444 e. The summed E-state index contributed by atoms with van der Waals surface area (Å²) in [5.74, 6) is 1.70. The molecule has 0 aromatic carbocycles. The molecule has 3 heterocycles. The van der Waals surface area contributed by atoms with Crippen LogP contribution >= 0.6 is 0 Å². The van der Waals surface area contributed by atoms with E-state index in [-0.39, 0.29) is 64.2 Å². The number of carbonyl (C=O) groups excluding carboxylic acids is 1. The summed E-state index contributed by atoms with van der Waals surface area (Å²) < 4.78 is 31.8. The van der Waals surface area contributed by atoms with Crippen LogP contribution in [-0.2, 0) is 23.7 Å². The SMILES string of the molecule is CCO[C@@H]([C@H]1C[C@@H](C)C2[C@H](O1)[C@H](O)[C@@]1(N)[C@@H]3CC[C@H]4C(C)(C)[C@@H](O[C@H]5CN(CC6CN(C(=O)OC(C)(C)C)C6)CCO5)CC[C@@]45C[C@@]35CC[C@]21C)C(C)(C)O. The zero-order valence-corrected chi connectivity index (χ0v) is 35.8. The Kier molecular flexibility index (Phi) is 9.98. The molecule has 14 atom stereocenters. The molecule has 3 aliphatic heterocycles. The lowest BCUT2D eigenvalue weighted by atomic mass is 9.43. The van der Waals surface area contributed by atoms with Crippen LogP contribution in [-0.4, -0.2) is 126 Å². The van der Waals surface area contributed by atoms with Gasteiger partial charge in [-0.1, -0.05) is 27.7 Å². The van der Waals surface area contributed by atoms with Crippen LogP contribution in [0.2, 0.25) is 0 Å². The van der Waals surface area contributed by atoms with Gasteiger partial charge in [-0.2, -0.15) is 0 Å². The molecule has 11 heteroatoms. The number of fused-ring (bicyclic) bond motifs is 4. The number of hydrogen-bond donors (Lipinski definition) is 3. The number of nitrogens with zero attached hydrogens (tertiary/aromatic N) is 2. The fraction of sp³-hybridized carbons (Fsp3) is 0.977. The first-order chi connectivity index (χ1) is 25.6. The highest BCUT2D eigenvalue weighted by Crippen LogP contribution is 2.87. The van der Waals surface area contributed by atoms with E-state index in [1.54, 1.807) is 13.8 Å². The van der Waals surface area contributed by atoms with Gasteiger partial charge in [-0.15, -0.1) is 0 Å². The maximum atomic E-state index is 12.5. The lowest BCUT2D eigenvalue weighted by molar-refractivity contribution is -0.247. The third kappa shape index (κ3) is 6.20. The molecule has 0 radical (unpaired) electrons. The highest BCUT2D eigenvalue weighted by molar-refractivity contribution is 5.69. The van der Waals surface area contributed by atoms with Crippen molar-refractivity contribution in [1.82, 2.24) is 9.80 Å². The van der Waals surface area contributed by atoms with Crippen molar-refractivity contribution in [2.24, 2.45) is 57.0 Å². The van der Waals surface area contributed by atoms with Gasteiger partial charge in [0.25, 0.3) is 0 Å². The monoisotopic (exact) mass is 774 g/mol. The number of amides is 1. The van der Waals surface area contributed by atoms with Gasteiger partial charge in [0.15, 0.2) is 6.29 Å². The zero-order chi connectivity index (χ0) is 39.7. The second kappa shape index (κ2) is 13.5. The number of aliphatic hydroxyl groups is 2. The van der Waals surface area contributed by atoms with Crippen LogP contribution in [0.15, 0.2) is 0 Å². The number of nitrogens with two attached hydrogens (primary N) is 1. The molecule has 1 unspecified atom stereocenters. The molecule has 0 aromatic heterocycles. The summed E-state index contributed by atoms with van der Waals surface area (Å²) in [4.78, 5) is 16.7. The van der Waals surface area contributed by atoms with Crippen molar-refractivity contribution in [2.75, 3.05) is 45.9 Å². The third-order valence-electron chi connectivity index (χ3n) is 17.2. The molecular formula is C44H75N3O8. The van der Waals surface area contributed by atoms with Crippen LogP contribution in [0.1, 0.15) is 121 Å². The van der Waals surface area contributed by atoms with Gasteiger partial charge in [-0.05, 0) is 138 Å². The maximum absolute atomic E-state index is 12.5. The van der Waals surface area contributed by atoms with Crippen LogP contribution in [0, 0.1) is 51.2 Å². The quantitative estimate of drug-likeness (QED) is 0.287. The molecule has 1 amide bonds. The summed E-state index contributed by atoms with van der Waals surface area (Å²) in [6.45, 7) is 26.1. The fourth-order valence-electron chi connectivity index (χ4n) is 15.0. The van der Waals surface area contributed by atoms with Crippen LogP contribution in [0.3, 0.4) is 0 Å². The Morgan fingerprint density at radius 3 is 2.36 bits per heavy atom. The molecule has 314 valence electrons. The first kappa shape index (κ1) is 40.7. The average molecular weight is 774 g/mol. The smallest absolute Gasteiger partial charge is 0.410 e. The van der Waals surface area contributed by atoms with Crippen LogP contribution in [0.5, 0.6) is 0 Å². The van der Waals surface area contributed by atoms with Gasteiger partial charge in [0, 0.05) is 45.2 Å². The van der Waals surface area contributed by atoms with E-state index in [1.165, 1.54) is 12.8 Å². The number of rotatable bonds is 8. The summed E-state index contributed by atoms with van der Waals surface area (Å²) >= 11 is 0. The highest BCUT2D eigenvalue weighted by Gasteiger charge is 2.85. The summed E-state index contributed by atoms with van der Waals surface area (Å²) in [6, 6.07) is 0. The Labute approximate surface area is 331 Å². The fourth-order valence-corrected chi connectivity index (χ4v) is 15.0. The topological polar surface area (TPSA) is 136 Å². The zero-order valence-electron chi connectivity index (χ0n) is 35.8. The first-order valence-corrected chi connectivity index (χ1v) is 22.0. The molecule has 2 spiro atoms. The Bertz CT molecular complexity index is 1460. The number of aliphatic hydroxyl groups excluding tert-OH is 1. The second-order valence-electron chi connectivity index (χ2n) is 22.2. The molecular weight excluding hydrogens is 698 g/mol. The minimum atomic E-state index is -1.06. The van der Waals surface area contributed by atoms with Gasteiger partial charge in [-0.25, -0.2) is 4.79 Å². The van der Waals surface area contributed by atoms with E-state index < -0.39 is 28.9 Å². The number of morpholine rings is 1. The van der Waals surface area contributed by atoms with Gasteiger partial charge in [-0.3, -0.25) is 4.90 Å². The van der Waals surface area contributed by atoms with Crippen molar-refractivity contribution in [3.05, 3.63) is 0 Å². The van der Waals surface area contributed by atoms with Gasteiger partial charge in [0.2, 0.25) is 0 Å². The van der Waals surface area contributed by atoms with Crippen molar-refractivity contribution >= 4 is 6.09 Å². The molecule has 4 N–H and O–H groups in total. The van der Waals surface area contributed by atoms with E-state index in [0.717, 1.165) is 71.2 Å². The Hall–Kier alpha value is -1.05. The molecule has 55 heavy (non-hydrogen) atoms. The van der Waals surface area contributed by atoms with Gasteiger partial charge >= 0.3 is 6.09 Å². The number of ether oxygens (including phenoxy) is 5. The molecule has 8 aliphatic rings. The van der Waals surface area contributed by atoms with Crippen LogP contribution in [0.25, 0.3) is 0 Å². The first-order valence-electron chi connectivity index (χ1n) is 22.0. The van der Waals surface area contributed by atoms with E-state index in [2.05, 4.69) is 32.6 Å². The van der Waals surface area contributed by atoms with Crippen molar-refractivity contribution in [2.45, 2.75) is 174 Å². The Morgan fingerprint density at radius 1 is 1.00 bits per heavy atom. The molecule has 5 aliphatic carbocycles. The summed E-state index contributed by atoms with van der Waals surface area (Å²) in [6.07, 6.45) is 6.29. The highest BCUT2D eigenvalue weighted by atomic mass is 16.7. The van der Waals surface area contributed by atoms with E-state index in [1.807, 2.05) is 32.6 Å². The molecule has 8 fully saturated rings. The third-order valence-corrected chi connectivity index (χ3v) is 17.2. The Morgan fingerprint density at radius 2 is 1.69 bits per heavy atom.